The molecule has 2 aliphatic rings. The number of fused-ring (bicyclic) bond motifs is 1. The number of nitrogens with one attached hydrogen (secondary N) is 1. The predicted molar refractivity (Wildman–Crippen MR) is 147 cm³/mol. The molecule has 4 heterocycles. The van der Waals surface area contributed by atoms with E-state index in [1.165, 1.54) is 16.2 Å². The van der Waals surface area contributed by atoms with Crippen molar-refractivity contribution in [1.82, 2.24) is 14.3 Å². The number of unbranched alkanes of at least 4 members (excludes halogenated alkanes) is 1. The lowest BCUT2D eigenvalue weighted by Crippen LogP contribution is -2.33. The van der Waals surface area contributed by atoms with Crippen LogP contribution in [0, 0.1) is 12.8 Å². The molecule has 2 aliphatic heterocycles. The van der Waals surface area contributed by atoms with E-state index in [-0.39, 0.29) is 17.6 Å². The number of nitrogens with zero attached hydrogens (tertiary/aromatic N) is 3. The van der Waals surface area contributed by atoms with Crippen LogP contribution in [0.2, 0.25) is 0 Å². The molecule has 7 nitrogen and oxygen atoms in total. The molecule has 0 aliphatic carbocycles. The van der Waals surface area contributed by atoms with Gasteiger partial charge in [0.15, 0.2) is 0 Å². The van der Waals surface area contributed by atoms with Crippen molar-refractivity contribution in [2.75, 3.05) is 25.0 Å². The number of anilines is 1. The lowest BCUT2D eigenvalue weighted by Gasteiger charge is -2.21. The Kier molecular flexibility index (Phi) is 8.62. The standard InChI is InChI=1S/C26H34N4O3S2/c1-4-6-8-18(5-2)16-30-25(32)21(35-26(30)34)13-20-23(27-14-19-9-7-12-33-19)28-22-11-10-17(3)15-29(22)24(20)31/h10-11,13,15,18-19,27H,4-9,12,14,16H2,1-3H3/b21-13+. The van der Waals surface area contributed by atoms with Gasteiger partial charge in [-0.05, 0) is 49.8 Å². The van der Waals surface area contributed by atoms with Crippen molar-refractivity contribution in [1.29, 1.82) is 0 Å². The first-order valence-corrected chi connectivity index (χ1v) is 13.8. The molecular formula is C26H34N4O3S2. The van der Waals surface area contributed by atoms with Crippen molar-refractivity contribution in [3.05, 3.63) is 44.7 Å². The number of carbonyl (C=O) groups excluding carboxylic acids is 1. The molecule has 0 bridgehead atoms. The Bertz CT molecular complexity index is 1190. The molecule has 1 N–H and O–H groups in total. The molecule has 2 fully saturated rings. The SMILES string of the molecule is CCCCC(CC)CN1C(=O)/C(=C\c2c(NCC3CCCO3)nc3ccc(C)cn3c2=O)SC1=S. The summed E-state index contributed by atoms with van der Waals surface area (Å²) in [7, 11) is 0. The van der Waals surface area contributed by atoms with Gasteiger partial charge < -0.3 is 10.1 Å². The number of thioether (sulfide) groups is 1. The lowest BCUT2D eigenvalue weighted by molar-refractivity contribution is -0.122. The molecule has 4 rings (SSSR count). The van der Waals surface area contributed by atoms with Crippen molar-refractivity contribution >= 4 is 51.7 Å². The maximum absolute atomic E-state index is 13.5. The number of amides is 1. The highest BCUT2D eigenvalue weighted by molar-refractivity contribution is 8.26. The van der Waals surface area contributed by atoms with E-state index in [0.29, 0.717) is 45.3 Å². The number of aromatic nitrogens is 2. The highest BCUT2D eigenvalue weighted by Gasteiger charge is 2.34. The predicted octanol–water partition coefficient (Wildman–Crippen LogP) is 5.01. The van der Waals surface area contributed by atoms with Crippen LogP contribution in [0.15, 0.2) is 28.0 Å². The van der Waals surface area contributed by atoms with E-state index >= 15 is 0 Å². The van der Waals surface area contributed by atoms with E-state index in [2.05, 4.69) is 19.2 Å². The Balaban J connectivity index is 1.66. The zero-order chi connectivity index (χ0) is 24.9. The van der Waals surface area contributed by atoms with E-state index in [1.54, 1.807) is 17.2 Å². The van der Waals surface area contributed by atoms with Gasteiger partial charge in [-0.1, -0.05) is 63.2 Å². The Hall–Kier alpha value is -2.23. The van der Waals surface area contributed by atoms with Gasteiger partial charge in [0.1, 0.15) is 15.8 Å². The van der Waals surface area contributed by atoms with Gasteiger partial charge in [-0.25, -0.2) is 4.98 Å². The monoisotopic (exact) mass is 514 g/mol. The molecule has 2 aromatic rings. The summed E-state index contributed by atoms with van der Waals surface area (Å²) in [5.41, 5.74) is 1.66. The second-order valence-corrected chi connectivity index (χ2v) is 11.0. The molecule has 0 spiro atoms. The minimum atomic E-state index is -0.215. The largest absolute Gasteiger partial charge is 0.376 e. The van der Waals surface area contributed by atoms with Gasteiger partial charge in [-0.15, -0.1) is 0 Å². The van der Waals surface area contributed by atoms with Gasteiger partial charge in [0.2, 0.25) is 0 Å². The van der Waals surface area contributed by atoms with Gasteiger partial charge >= 0.3 is 0 Å². The molecule has 2 aromatic heterocycles. The molecule has 2 atom stereocenters. The number of ether oxygens (including phenoxy) is 1. The molecular weight excluding hydrogens is 480 g/mol. The van der Waals surface area contributed by atoms with E-state index in [4.69, 9.17) is 21.9 Å². The van der Waals surface area contributed by atoms with Gasteiger partial charge in [0, 0.05) is 25.9 Å². The normalized spacial score (nSPS) is 20.4. The topological polar surface area (TPSA) is 75.9 Å². The maximum atomic E-state index is 13.5. The average molecular weight is 515 g/mol. The number of aryl methyl sites for hydroxylation is 1. The molecule has 0 radical (unpaired) electrons. The molecule has 2 saturated heterocycles. The zero-order valence-electron chi connectivity index (χ0n) is 20.7. The number of thiocarbonyl (C=S) groups is 1. The van der Waals surface area contributed by atoms with Crippen molar-refractivity contribution in [2.45, 2.75) is 65.4 Å². The van der Waals surface area contributed by atoms with Crippen LogP contribution in [0.25, 0.3) is 11.7 Å². The van der Waals surface area contributed by atoms with Crippen molar-refractivity contribution in [2.24, 2.45) is 5.92 Å². The van der Waals surface area contributed by atoms with Gasteiger partial charge in [0.25, 0.3) is 11.5 Å². The maximum Gasteiger partial charge on any atom is 0.267 e. The first kappa shape index (κ1) is 25.9. The fourth-order valence-electron chi connectivity index (χ4n) is 4.50. The number of hydrogen-bond donors (Lipinski definition) is 1. The van der Waals surface area contributed by atoms with E-state index in [1.807, 2.05) is 19.1 Å². The highest BCUT2D eigenvalue weighted by Crippen LogP contribution is 2.34. The number of hydrogen-bond acceptors (Lipinski definition) is 7. The van der Waals surface area contributed by atoms with Crippen molar-refractivity contribution in [3.63, 3.8) is 0 Å². The Morgan fingerprint density at radius 3 is 2.89 bits per heavy atom. The first-order valence-electron chi connectivity index (χ1n) is 12.5. The van der Waals surface area contributed by atoms with Crippen LogP contribution in [0.4, 0.5) is 5.82 Å². The van der Waals surface area contributed by atoms with Crippen LogP contribution < -0.4 is 10.9 Å². The summed E-state index contributed by atoms with van der Waals surface area (Å²) in [4.78, 5) is 33.8. The Morgan fingerprint density at radius 2 is 2.17 bits per heavy atom. The fourth-order valence-corrected chi connectivity index (χ4v) is 5.76. The molecule has 9 heteroatoms. The van der Waals surface area contributed by atoms with Crippen LogP contribution in [-0.2, 0) is 9.53 Å². The van der Waals surface area contributed by atoms with Gasteiger partial charge in [0.05, 0.1) is 16.6 Å². The minimum absolute atomic E-state index is 0.0911. The van der Waals surface area contributed by atoms with Crippen molar-refractivity contribution in [3.8, 4) is 0 Å². The summed E-state index contributed by atoms with van der Waals surface area (Å²) in [6.45, 7) is 8.21. The van der Waals surface area contributed by atoms with Crippen molar-refractivity contribution < 1.29 is 9.53 Å². The Morgan fingerprint density at radius 1 is 1.34 bits per heavy atom. The molecule has 188 valence electrons. The van der Waals surface area contributed by atoms with Gasteiger partial charge in [-0.3, -0.25) is 18.9 Å². The number of carbonyl (C=O) groups is 1. The molecule has 0 aromatic carbocycles. The second kappa shape index (κ2) is 11.7. The average Bonchev–Trinajstić information content (AvgIpc) is 3.46. The summed E-state index contributed by atoms with van der Waals surface area (Å²) in [5.74, 6) is 0.749. The highest BCUT2D eigenvalue weighted by atomic mass is 32.2. The third-order valence-corrected chi connectivity index (χ3v) is 8.04. The Labute approximate surface area is 216 Å². The van der Waals surface area contributed by atoms with Crippen LogP contribution in [0.5, 0.6) is 0 Å². The van der Waals surface area contributed by atoms with Crippen LogP contribution >= 0.6 is 24.0 Å². The first-order chi connectivity index (χ1) is 16.9. The summed E-state index contributed by atoms with van der Waals surface area (Å²) in [6.07, 6.45) is 9.89. The molecule has 2 unspecified atom stereocenters. The smallest absolute Gasteiger partial charge is 0.267 e. The molecule has 35 heavy (non-hydrogen) atoms. The number of pyridine rings is 1. The van der Waals surface area contributed by atoms with E-state index in [9.17, 15) is 9.59 Å². The van der Waals surface area contributed by atoms with Crippen LogP contribution in [0.3, 0.4) is 0 Å². The van der Waals surface area contributed by atoms with E-state index < -0.39 is 0 Å². The third kappa shape index (κ3) is 5.95. The zero-order valence-corrected chi connectivity index (χ0v) is 22.3. The molecule has 1 amide bonds. The molecule has 0 saturated carbocycles. The third-order valence-electron chi connectivity index (χ3n) is 6.66. The minimum Gasteiger partial charge on any atom is -0.376 e. The summed E-state index contributed by atoms with van der Waals surface area (Å²) >= 11 is 6.83. The van der Waals surface area contributed by atoms with Gasteiger partial charge in [-0.2, -0.15) is 0 Å². The lowest BCUT2D eigenvalue weighted by atomic mass is 9.99. The summed E-state index contributed by atoms with van der Waals surface area (Å²) in [6, 6.07) is 3.76. The van der Waals surface area contributed by atoms with Crippen LogP contribution in [0.1, 0.15) is 63.5 Å². The second-order valence-electron chi connectivity index (χ2n) is 9.34. The number of rotatable bonds is 10. The summed E-state index contributed by atoms with van der Waals surface area (Å²) in [5, 5.41) is 3.32. The summed E-state index contributed by atoms with van der Waals surface area (Å²) < 4.78 is 7.82. The van der Waals surface area contributed by atoms with E-state index in [0.717, 1.165) is 50.7 Å². The fraction of sp³-hybridized carbons (Fsp3) is 0.538. The quantitative estimate of drug-likeness (QED) is 0.353. The van der Waals surface area contributed by atoms with Crippen LogP contribution in [-0.4, -0.2) is 50.3 Å².